The van der Waals surface area contributed by atoms with Crippen molar-refractivity contribution in [1.29, 1.82) is 0 Å². The number of carbonyl (C=O) groups excluding carboxylic acids is 1. The maximum absolute atomic E-state index is 11.4. The molecule has 0 aliphatic heterocycles. The van der Waals surface area contributed by atoms with Gasteiger partial charge in [-0.15, -0.1) is 0 Å². The van der Waals surface area contributed by atoms with Gasteiger partial charge in [0.05, 0.1) is 6.04 Å². The Hall–Kier alpha value is -0.220. The molecule has 0 heterocycles. The van der Waals surface area contributed by atoms with Crippen LogP contribution in [-0.2, 0) is 4.79 Å². The van der Waals surface area contributed by atoms with Gasteiger partial charge in [-0.05, 0) is 38.3 Å². The van der Waals surface area contributed by atoms with Gasteiger partial charge in [-0.2, -0.15) is 11.8 Å². The SMILES string of the molecule is CCCNC(=O)C(C)NCCCSC. The first-order valence-electron chi connectivity index (χ1n) is 5.22. The van der Waals surface area contributed by atoms with E-state index in [2.05, 4.69) is 23.8 Å². The average Bonchev–Trinajstić information content (AvgIpc) is 2.20. The fourth-order valence-corrected chi connectivity index (χ4v) is 1.46. The summed E-state index contributed by atoms with van der Waals surface area (Å²) in [7, 11) is 0. The van der Waals surface area contributed by atoms with Gasteiger partial charge >= 0.3 is 0 Å². The third-order valence-corrected chi connectivity index (χ3v) is 2.62. The van der Waals surface area contributed by atoms with Crippen LogP contribution in [0.15, 0.2) is 0 Å². The van der Waals surface area contributed by atoms with E-state index in [1.807, 2.05) is 18.7 Å². The molecule has 0 bridgehead atoms. The smallest absolute Gasteiger partial charge is 0.236 e. The van der Waals surface area contributed by atoms with Gasteiger partial charge in [-0.25, -0.2) is 0 Å². The Labute approximate surface area is 91.4 Å². The summed E-state index contributed by atoms with van der Waals surface area (Å²) in [5, 5.41) is 6.07. The van der Waals surface area contributed by atoms with Gasteiger partial charge in [0.2, 0.25) is 5.91 Å². The molecular formula is C10H22N2OS. The second-order valence-electron chi connectivity index (χ2n) is 3.31. The summed E-state index contributed by atoms with van der Waals surface area (Å²) in [5.41, 5.74) is 0. The number of hydrogen-bond acceptors (Lipinski definition) is 3. The number of rotatable bonds is 8. The summed E-state index contributed by atoms with van der Waals surface area (Å²) in [5.74, 6) is 1.26. The zero-order valence-corrected chi connectivity index (χ0v) is 10.2. The summed E-state index contributed by atoms with van der Waals surface area (Å²) in [6.07, 6.45) is 4.20. The molecule has 1 atom stereocenters. The molecular weight excluding hydrogens is 196 g/mol. The fraction of sp³-hybridized carbons (Fsp3) is 0.900. The summed E-state index contributed by atoms with van der Waals surface area (Å²) < 4.78 is 0. The van der Waals surface area contributed by atoms with Crippen LogP contribution in [-0.4, -0.2) is 37.0 Å². The Kier molecular flexibility index (Phi) is 9.19. The minimum atomic E-state index is -0.0663. The number of thioether (sulfide) groups is 1. The summed E-state index contributed by atoms with van der Waals surface area (Å²) in [4.78, 5) is 11.4. The van der Waals surface area contributed by atoms with E-state index in [9.17, 15) is 4.79 Å². The maximum Gasteiger partial charge on any atom is 0.236 e. The van der Waals surface area contributed by atoms with Gasteiger partial charge in [-0.3, -0.25) is 4.79 Å². The molecule has 0 spiro atoms. The van der Waals surface area contributed by atoms with Crippen LogP contribution >= 0.6 is 11.8 Å². The predicted octanol–water partition coefficient (Wildman–Crippen LogP) is 1.24. The second-order valence-corrected chi connectivity index (χ2v) is 4.30. The standard InChI is InChI=1S/C10H22N2OS/c1-4-6-12-10(13)9(2)11-7-5-8-14-3/h9,11H,4-8H2,1-3H3,(H,12,13). The fourth-order valence-electron chi connectivity index (χ4n) is 1.03. The van der Waals surface area contributed by atoms with Crippen LogP contribution in [0.4, 0.5) is 0 Å². The van der Waals surface area contributed by atoms with Gasteiger partial charge in [0.15, 0.2) is 0 Å². The molecule has 0 saturated heterocycles. The molecule has 0 aromatic carbocycles. The van der Waals surface area contributed by atoms with Crippen molar-refractivity contribution in [3.05, 3.63) is 0 Å². The van der Waals surface area contributed by atoms with Crippen molar-refractivity contribution in [3.63, 3.8) is 0 Å². The zero-order chi connectivity index (χ0) is 10.8. The number of carbonyl (C=O) groups is 1. The highest BCUT2D eigenvalue weighted by Crippen LogP contribution is 1.94. The van der Waals surface area contributed by atoms with Crippen LogP contribution in [0, 0.1) is 0 Å². The van der Waals surface area contributed by atoms with Crippen molar-refractivity contribution >= 4 is 17.7 Å². The van der Waals surface area contributed by atoms with Crippen molar-refractivity contribution < 1.29 is 4.79 Å². The van der Waals surface area contributed by atoms with Gasteiger partial charge < -0.3 is 10.6 Å². The van der Waals surface area contributed by atoms with Gasteiger partial charge in [0.25, 0.3) is 0 Å². The summed E-state index contributed by atoms with van der Waals surface area (Å²) in [6, 6.07) is -0.0663. The Morgan fingerprint density at radius 3 is 2.71 bits per heavy atom. The summed E-state index contributed by atoms with van der Waals surface area (Å²) in [6.45, 7) is 5.65. The highest BCUT2D eigenvalue weighted by Gasteiger charge is 2.09. The zero-order valence-electron chi connectivity index (χ0n) is 9.43. The molecule has 4 heteroatoms. The van der Waals surface area contributed by atoms with Crippen LogP contribution < -0.4 is 10.6 Å². The van der Waals surface area contributed by atoms with Crippen molar-refractivity contribution in [1.82, 2.24) is 10.6 Å². The molecule has 0 aliphatic carbocycles. The van der Waals surface area contributed by atoms with Crippen molar-refractivity contribution in [2.45, 2.75) is 32.7 Å². The minimum Gasteiger partial charge on any atom is -0.355 e. The van der Waals surface area contributed by atoms with Crippen molar-refractivity contribution in [3.8, 4) is 0 Å². The molecule has 14 heavy (non-hydrogen) atoms. The number of amides is 1. The lowest BCUT2D eigenvalue weighted by Crippen LogP contribution is -2.42. The van der Waals surface area contributed by atoms with Crippen molar-refractivity contribution in [2.24, 2.45) is 0 Å². The highest BCUT2D eigenvalue weighted by molar-refractivity contribution is 7.98. The maximum atomic E-state index is 11.4. The average molecular weight is 218 g/mol. The molecule has 0 fully saturated rings. The first kappa shape index (κ1) is 13.8. The van der Waals surface area contributed by atoms with E-state index in [1.54, 1.807) is 0 Å². The van der Waals surface area contributed by atoms with E-state index in [0.717, 1.165) is 31.7 Å². The van der Waals surface area contributed by atoms with E-state index in [1.165, 1.54) is 0 Å². The molecule has 84 valence electrons. The molecule has 2 N–H and O–H groups in total. The minimum absolute atomic E-state index is 0.0663. The largest absolute Gasteiger partial charge is 0.355 e. The molecule has 3 nitrogen and oxygen atoms in total. The van der Waals surface area contributed by atoms with E-state index < -0.39 is 0 Å². The lowest BCUT2D eigenvalue weighted by atomic mass is 10.3. The molecule has 0 radical (unpaired) electrons. The van der Waals surface area contributed by atoms with Crippen LogP contribution in [0.2, 0.25) is 0 Å². The Morgan fingerprint density at radius 1 is 1.43 bits per heavy atom. The van der Waals surface area contributed by atoms with E-state index in [-0.39, 0.29) is 11.9 Å². The Morgan fingerprint density at radius 2 is 2.14 bits per heavy atom. The molecule has 0 rings (SSSR count). The van der Waals surface area contributed by atoms with E-state index >= 15 is 0 Å². The van der Waals surface area contributed by atoms with Gasteiger partial charge in [-0.1, -0.05) is 6.92 Å². The lowest BCUT2D eigenvalue weighted by molar-refractivity contribution is -0.122. The third-order valence-electron chi connectivity index (χ3n) is 1.92. The van der Waals surface area contributed by atoms with E-state index in [4.69, 9.17) is 0 Å². The molecule has 1 amide bonds. The molecule has 1 unspecified atom stereocenters. The summed E-state index contributed by atoms with van der Waals surface area (Å²) >= 11 is 1.84. The first-order chi connectivity index (χ1) is 6.72. The topological polar surface area (TPSA) is 41.1 Å². The number of hydrogen-bond donors (Lipinski definition) is 2. The molecule has 0 aromatic rings. The van der Waals surface area contributed by atoms with E-state index in [0.29, 0.717) is 0 Å². The van der Waals surface area contributed by atoms with Gasteiger partial charge in [0, 0.05) is 6.54 Å². The first-order valence-corrected chi connectivity index (χ1v) is 6.61. The predicted molar refractivity (Wildman–Crippen MR) is 63.8 cm³/mol. The van der Waals surface area contributed by atoms with Crippen molar-refractivity contribution in [2.75, 3.05) is 25.1 Å². The second kappa shape index (κ2) is 9.34. The lowest BCUT2D eigenvalue weighted by Gasteiger charge is -2.13. The molecule has 0 saturated carbocycles. The van der Waals surface area contributed by atoms with Crippen LogP contribution in [0.3, 0.4) is 0 Å². The molecule has 0 aromatic heterocycles. The third kappa shape index (κ3) is 7.21. The quantitative estimate of drug-likeness (QED) is 0.602. The monoisotopic (exact) mass is 218 g/mol. The molecule has 0 aliphatic rings. The highest BCUT2D eigenvalue weighted by atomic mass is 32.2. The number of nitrogens with one attached hydrogen (secondary N) is 2. The van der Waals surface area contributed by atoms with Crippen LogP contribution in [0.25, 0.3) is 0 Å². The van der Waals surface area contributed by atoms with Gasteiger partial charge in [0.1, 0.15) is 0 Å². The Balaban J connectivity index is 3.42. The van der Waals surface area contributed by atoms with Crippen LogP contribution in [0.1, 0.15) is 26.7 Å². The van der Waals surface area contributed by atoms with Crippen LogP contribution in [0.5, 0.6) is 0 Å². The normalized spacial score (nSPS) is 12.5. The Bertz CT molecular complexity index is 153.